The van der Waals surface area contributed by atoms with E-state index in [0.717, 1.165) is 31.2 Å². The van der Waals surface area contributed by atoms with Gasteiger partial charge in [-0.3, -0.25) is 9.59 Å². The summed E-state index contributed by atoms with van der Waals surface area (Å²) >= 11 is 0. The van der Waals surface area contributed by atoms with Crippen LogP contribution < -0.4 is 4.74 Å². The Labute approximate surface area is 182 Å². The molecule has 3 heterocycles. The average molecular weight is 446 g/mol. The smallest absolute Gasteiger partial charge is 0.290 e. The first-order valence-electron chi connectivity index (χ1n) is 11.1. The van der Waals surface area contributed by atoms with Crippen LogP contribution in [0.15, 0.2) is 35.6 Å². The first-order chi connectivity index (χ1) is 14.9. The zero-order valence-electron chi connectivity index (χ0n) is 17.6. The van der Waals surface area contributed by atoms with Gasteiger partial charge in [-0.25, -0.2) is 8.42 Å². The first-order valence-corrected chi connectivity index (χ1v) is 12.9. The van der Waals surface area contributed by atoms with Gasteiger partial charge in [0.25, 0.3) is 5.91 Å². The molecule has 31 heavy (non-hydrogen) atoms. The second kappa shape index (κ2) is 7.65. The molecule has 1 saturated heterocycles. The van der Waals surface area contributed by atoms with Crippen molar-refractivity contribution in [2.45, 2.75) is 57.2 Å². The van der Waals surface area contributed by atoms with Gasteiger partial charge in [-0.05, 0) is 50.3 Å². The summed E-state index contributed by atoms with van der Waals surface area (Å²) in [6.45, 7) is 2.44. The summed E-state index contributed by atoms with van der Waals surface area (Å²) in [7, 11) is -3.20. The number of benzene rings is 1. The number of ether oxygens (including phenoxy) is 2. The second-order valence-corrected chi connectivity index (χ2v) is 11.1. The molecule has 0 radical (unpaired) electrons. The largest absolute Gasteiger partial charge is 0.494 e. The van der Waals surface area contributed by atoms with Gasteiger partial charge in [0.05, 0.1) is 35.6 Å². The summed E-state index contributed by atoms with van der Waals surface area (Å²) in [5.74, 6) is 0.234. The van der Waals surface area contributed by atoms with Crippen LogP contribution in [0.1, 0.15) is 50.6 Å². The van der Waals surface area contributed by atoms with Gasteiger partial charge in [-0.15, -0.1) is 0 Å². The third-order valence-electron chi connectivity index (χ3n) is 6.91. The lowest BCUT2D eigenvalue weighted by Crippen LogP contribution is -2.41. The van der Waals surface area contributed by atoms with Crippen molar-refractivity contribution < 1.29 is 27.5 Å². The molecule has 1 aliphatic carbocycles. The van der Waals surface area contributed by atoms with Crippen LogP contribution in [0.5, 0.6) is 5.75 Å². The van der Waals surface area contributed by atoms with E-state index in [4.69, 9.17) is 9.47 Å². The molecule has 0 bridgehead atoms. The van der Waals surface area contributed by atoms with Crippen molar-refractivity contribution >= 4 is 21.5 Å². The van der Waals surface area contributed by atoms with Gasteiger partial charge < -0.3 is 14.4 Å². The summed E-state index contributed by atoms with van der Waals surface area (Å²) in [6, 6.07) is 6.28. The van der Waals surface area contributed by atoms with E-state index in [0.29, 0.717) is 24.4 Å². The molecule has 8 heteroatoms. The van der Waals surface area contributed by atoms with Gasteiger partial charge in [0.15, 0.2) is 21.4 Å². The molecule has 0 aromatic heterocycles. The SMILES string of the molecule is CCOc1ccc(C2C3=C(OC4CCCCC4C3=O)C(=O)N2C2CCS(=O)(=O)C2)cc1. The Balaban J connectivity index is 1.58. The normalized spacial score (nSPS) is 32.0. The molecule has 4 atom stereocenters. The number of hydrogen-bond acceptors (Lipinski definition) is 6. The van der Waals surface area contributed by atoms with Crippen molar-refractivity contribution in [1.29, 1.82) is 0 Å². The lowest BCUT2D eigenvalue weighted by Gasteiger charge is -2.35. The number of amides is 1. The van der Waals surface area contributed by atoms with Crippen LogP contribution >= 0.6 is 0 Å². The van der Waals surface area contributed by atoms with E-state index in [9.17, 15) is 18.0 Å². The number of fused-ring (bicyclic) bond motifs is 1. The molecule has 2 fully saturated rings. The van der Waals surface area contributed by atoms with E-state index < -0.39 is 21.9 Å². The molecule has 0 N–H and O–H groups in total. The fraction of sp³-hybridized carbons (Fsp3) is 0.565. The fourth-order valence-corrected chi connectivity index (χ4v) is 7.19. The summed E-state index contributed by atoms with van der Waals surface area (Å²) in [5.41, 5.74) is 1.18. The highest BCUT2D eigenvalue weighted by molar-refractivity contribution is 7.91. The number of Topliss-reactive ketones (excluding diaryl/α,β-unsaturated/α-hetero) is 1. The fourth-order valence-electron chi connectivity index (χ4n) is 5.47. The van der Waals surface area contributed by atoms with Gasteiger partial charge in [0, 0.05) is 6.04 Å². The van der Waals surface area contributed by atoms with Crippen LogP contribution in [0, 0.1) is 5.92 Å². The molecule has 1 amide bonds. The molecular formula is C23H27NO6S. The minimum absolute atomic E-state index is 0.0125. The van der Waals surface area contributed by atoms with Gasteiger partial charge in [0.1, 0.15) is 11.9 Å². The molecule has 1 saturated carbocycles. The molecule has 4 aliphatic rings. The highest BCUT2D eigenvalue weighted by atomic mass is 32.2. The Hall–Kier alpha value is -2.35. The molecule has 1 aromatic rings. The third-order valence-corrected chi connectivity index (χ3v) is 8.66. The van der Waals surface area contributed by atoms with E-state index in [1.807, 2.05) is 31.2 Å². The number of ketones is 1. The maximum Gasteiger partial charge on any atom is 0.290 e. The predicted molar refractivity (Wildman–Crippen MR) is 113 cm³/mol. The lowest BCUT2D eigenvalue weighted by molar-refractivity contribution is -0.136. The molecule has 7 nitrogen and oxygen atoms in total. The minimum Gasteiger partial charge on any atom is -0.494 e. The van der Waals surface area contributed by atoms with Crippen LogP contribution in [-0.4, -0.2) is 55.3 Å². The lowest BCUT2D eigenvalue weighted by atomic mass is 9.77. The Morgan fingerprint density at radius 1 is 1.10 bits per heavy atom. The average Bonchev–Trinajstić information content (AvgIpc) is 3.26. The minimum atomic E-state index is -3.20. The number of rotatable bonds is 4. The third kappa shape index (κ3) is 3.45. The molecule has 4 unspecified atom stereocenters. The standard InChI is InChI=1S/C23H27NO6S/c1-2-29-16-9-7-14(8-10-16)20-19-21(25)17-5-3-4-6-18(17)30-22(19)23(26)24(20)15-11-12-31(27,28)13-15/h7-10,15,17-18,20H,2-6,11-13H2,1H3. The number of hydrogen-bond donors (Lipinski definition) is 0. The topological polar surface area (TPSA) is 90.0 Å². The van der Waals surface area contributed by atoms with E-state index in [1.54, 1.807) is 4.90 Å². The molecule has 166 valence electrons. The molecule has 0 spiro atoms. The maximum atomic E-state index is 13.6. The quantitative estimate of drug-likeness (QED) is 0.708. The van der Waals surface area contributed by atoms with E-state index in [2.05, 4.69) is 0 Å². The number of carbonyl (C=O) groups is 2. The highest BCUT2D eigenvalue weighted by Gasteiger charge is 2.54. The molecule has 3 aliphatic heterocycles. The van der Waals surface area contributed by atoms with Crippen molar-refractivity contribution in [1.82, 2.24) is 4.90 Å². The zero-order valence-corrected chi connectivity index (χ0v) is 18.4. The second-order valence-electron chi connectivity index (χ2n) is 8.83. The summed E-state index contributed by atoms with van der Waals surface area (Å²) in [6.07, 6.45) is 3.62. The van der Waals surface area contributed by atoms with Crippen molar-refractivity contribution in [3.63, 3.8) is 0 Å². The van der Waals surface area contributed by atoms with Crippen LogP contribution in [0.25, 0.3) is 0 Å². The van der Waals surface area contributed by atoms with Crippen LogP contribution in [-0.2, 0) is 24.2 Å². The van der Waals surface area contributed by atoms with Crippen LogP contribution in [0.2, 0.25) is 0 Å². The van der Waals surface area contributed by atoms with E-state index >= 15 is 0 Å². The van der Waals surface area contributed by atoms with E-state index in [-0.39, 0.29) is 41.0 Å². The maximum absolute atomic E-state index is 13.6. The van der Waals surface area contributed by atoms with Gasteiger partial charge in [-0.1, -0.05) is 18.6 Å². The van der Waals surface area contributed by atoms with Crippen molar-refractivity contribution in [3.8, 4) is 5.75 Å². The monoisotopic (exact) mass is 445 g/mol. The Morgan fingerprint density at radius 3 is 2.52 bits per heavy atom. The molecule has 1 aromatic carbocycles. The molecular weight excluding hydrogens is 418 g/mol. The Morgan fingerprint density at radius 2 is 1.84 bits per heavy atom. The Kier molecular flexibility index (Phi) is 5.07. The Bertz CT molecular complexity index is 1040. The summed E-state index contributed by atoms with van der Waals surface area (Å²) < 4.78 is 36.0. The van der Waals surface area contributed by atoms with E-state index in [1.165, 1.54) is 0 Å². The van der Waals surface area contributed by atoms with Gasteiger partial charge in [-0.2, -0.15) is 0 Å². The van der Waals surface area contributed by atoms with Gasteiger partial charge >= 0.3 is 0 Å². The number of sulfone groups is 1. The van der Waals surface area contributed by atoms with Crippen LogP contribution in [0.4, 0.5) is 0 Å². The van der Waals surface area contributed by atoms with Crippen LogP contribution in [0.3, 0.4) is 0 Å². The first kappa shape index (κ1) is 20.5. The van der Waals surface area contributed by atoms with Crippen molar-refractivity contribution in [2.24, 2.45) is 5.92 Å². The highest BCUT2D eigenvalue weighted by Crippen LogP contribution is 2.48. The zero-order chi connectivity index (χ0) is 21.8. The summed E-state index contributed by atoms with van der Waals surface area (Å²) in [5, 5.41) is 0. The van der Waals surface area contributed by atoms with Crippen molar-refractivity contribution in [3.05, 3.63) is 41.2 Å². The predicted octanol–water partition coefficient (Wildman–Crippen LogP) is 2.57. The number of carbonyl (C=O) groups excluding carboxylic acids is 2. The number of nitrogens with zero attached hydrogens (tertiary/aromatic N) is 1. The van der Waals surface area contributed by atoms with Gasteiger partial charge in [0.2, 0.25) is 0 Å². The summed E-state index contributed by atoms with van der Waals surface area (Å²) in [4.78, 5) is 28.6. The van der Waals surface area contributed by atoms with Crippen molar-refractivity contribution in [2.75, 3.05) is 18.1 Å². The molecule has 5 rings (SSSR count).